The average Bonchev–Trinajstić information content (AvgIpc) is 2.20. The van der Waals surface area contributed by atoms with E-state index in [9.17, 15) is 0 Å². The number of allylic oxidation sites excluding steroid dienone is 4. The molecule has 1 radical (unpaired) electrons. The summed E-state index contributed by atoms with van der Waals surface area (Å²) >= 11 is 0. The van der Waals surface area contributed by atoms with Crippen molar-refractivity contribution in [3.63, 3.8) is 0 Å². The van der Waals surface area contributed by atoms with Gasteiger partial charge in [0.15, 0.2) is 0 Å². The van der Waals surface area contributed by atoms with Gasteiger partial charge in [-0.1, -0.05) is 48.9 Å². The van der Waals surface area contributed by atoms with Crippen LogP contribution in [0.1, 0.15) is 36.5 Å². The minimum atomic E-state index is 0.463. The molecule has 0 aromatic heterocycles. The first kappa shape index (κ1) is 11.2. The highest BCUT2D eigenvalue weighted by Gasteiger charge is 2.21. The van der Waals surface area contributed by atoms with Crippen molar-refractivity contribution >= 4 is 0 Å². The van der Waals surface area contributed by atoms with Gasteiger partial charge in [0.25, 0.3) is 0 Å². The largest absolute Gasteiger partial charge is 0.0758 e. The summed E-state index contributed by atoms with van der Waals surface area (Å²) in [5.41, 5.74) is 5.60. The summed E-state index contributed by atoms with van der Waals surface area (Å²) in [7, 11) is 0. The lowest BCUT2D eigenvalue weighted by Crippen LogP contribution is -2.10. The van der Waals surface area contributed by atoms with Crippen LogP contribution in [0.5, 0.6) is 0 Å². The molecule has 0 spiro atoms. The zero-order chi connectivity index (χ0) is 11.7. The fourth-order valence-corrected chi connectivity index (χ4v) is 2.54. The molecule has 0 saturated heterocycles. The van der Waals surface area contributed by atoms with Crippen LogP contribution in [0.2, 0.25) is 0 Å². The average molecular weight is 211 g/mol. The molecule has 1 aromatic rings. The molecule has 1 aromatic carbocycles. The molecule has 0 nitrogen and oxygen atoms in total. The van der Waals surface area contributed by atoms with Crippen molar-refractivity contribution in [3.05, 3.63) is 64.6 Å². The van der Waals surface area contributed by atoms with Crippen LogP contribution in [0.15, 0.2) is 42.0 Å². The van der Waals surface area contributed by atoms with E-state index in [0.29, 0.717) is 5.92 Å². The van der Waals surface area contributed by atoms with E-state index in [1.54, 1.807) is 0 Å². The second-order valence-corrected chi connectivity index (χ2v) is 4.77. The summed E-state index contributed by atoms with van der Waals surface area (Å²) in [4.78, 5) is 0. The molecule has 1 aliphatic rings. The molecule has 0 bridgehead atoms. The van der Waals surface area contributed by atoms with Crippen LogP contribution < -0.4 is 0 Å². The predicted molar refractivity (Wildman–Crippen MR) is 70.5 cm³/mol. The molecule has 0 N–H and O–H groups in total. The highest BCUT2D eigenvalue weighted by molar-refractivity contribution is 5.47. The van der Waals surface area contributed by atoms with Gasteiger partial charge in [0, 0.05) is 11.8 Å². The van der Waals surface area contributed by atoms with Crippen molar-refractivity contribution < 1.29 is 0 Å². The second-order valence-electron chi connectivity index (χ2n) is 4.77. The second kappa shape index (κ2) is 4.29. The lowest BCUT2D eigenvalue weighted by Gasteiger charge is -2.25. The third-order valence-corrected chi connectivity index (χ3v) is 3.35. The van der Waals surface area contributed by atoms with Crippen LogP contribution in [-0.4, -0.2) is 0 Å². The van der Waals surface area contributed by atoms with Gasteiger partial charge in [0.2, 0.25) is 0 Å². The normalized spacial score (nSPS) is 21.0. The monoisotopic (exact) mass is 211 g/mol. The molecule has 0 amide bonds. The van der Waals surface area contributed by atoms with Gasteiger partial charge in [-0.15, -0.1) is 0 Å². The van der Waals surface area contributed by atoms with Gasteiger partial charge in [-0.25, -0.2) is 0 Å². The number of hydrogen-bond donors (Lipinski definition) is 0. The fourth-order valence-electron chi connectivity index (χ4n) is 2.54. The molecule has 1 aliphatic carbocycles. The van der Waals surface area contributed by atoms with E-state index >= 15 is 0 Å². The Balaban J connectivity index is 2.43. The van der Waals surface area contributed by atoms with Gasteiger partial charge in [-0.2, -0.15) is 0 Å². The van der Waals surface area contributed by atoms with E-state index < -0.39 is 0 Å². The number of benzene rings is 1. The summed E-state index contributed by atoms with van der Waals surface area (Å²) in [6.07, 6.45) is 6.83. The van der Waals surface area contributed by atoms with E-state index in [0.717, 1.165) is 0 Å². The minimum Gasteiger partial charge on any atom is -0.0758 e. The Hall–Kier alpha value is -1.30. The predicted octanol–water partition coefficient (Wildman–Crippen LogP) is 4.50. The molecule has 0 heteroatoms. The smallest absolute Gasteiger partial charge is 0.0124 e. The Kier molecular flexibility index (Phi) is 3.00. The molecule has 0 heterocycles. The van der Waals surface area contributed by atoms with Crippen molar-refractivity contribution in [2.24, 2.45) is 0 Å². The lowest BCUT2D eigenvalue weighted by molar-refractivity contribution is 0.861. The van der Waals surface area contributed by atoms with E-state index in [1.807, 2.05) is 0 Å². The number of hydrogen-bond acceptors (Lipinski definition) is 0. The molecule has 16 heavy (non-hydrogen) atoms. The van der Waals surface area contributed by atoms with Gasteiger partial charge in [0.1, 0.15) is 0 Å². The van der Waals surface area contributed by atoms with Crippen molar-refractivity contribution in [3.8, 4) is 0 Å². The molecule has 0 aliphatic heterocycles. The van der Waals surface area contributed by atoms with E-state index in [1.165, 1.54) is 28.2 Å². The van der Waals surface area contributed by atoms with Gasteiger partial charge < -0.3 is 0 Å². The van der Waals surface area contributed by atoms with E-state index in [-0.39, 0.29) is 0 Å². The number of rotatable bonds is 1. The Labute approximate surface area is 98.7 Å². The molecule has 83 valence electrons. The lowest BCUT2D eigenvalue weighted by atomic mass is 9.79. The van der Waals surface area contributed by atoms with Crippen LogP contribution in [0.25, 0.3) is 0 Å². The first-order valence-corrected chi connectivity index (χ1v) is 5.85. The highest BCUT2D eigenvalue weighted by atomic mass is 14.2. The van der Waals surface area contributed by atoms with Crippen molar-refractivity contribution in [2.45, 2.75) is 33.6 Å². The van der Waals surface area contributed by atoms with Crippen LogP contribution in [0, 0.1) is 19.8 Å². The first-order chi connectivity index (χ1) is 7.59. The maximum absolute atomic E-state index is 2.32. The minimum absolute atomic E-state index is 0.463. The first-order valence-electron chi connectivity index (χ1n) is 5.85. The Morgan fingerprint density at radius 1 is 0.938 bits per heavy atom. The van der Waals surface area contributed by atoms with Gasteiger partial charge in [0.05, 0.1) is 0 Å². The molecular weight excluding hydrogens is 192 g/mol. The molecule has 1 atom stereocenters. The zero-order valence-electron chi connectivity index (χ0n) is 10.5. The van der Waals surface area contributed by atoms with Crippen molar-refractivity contribution in [2.75, 3.05) is 0 Å². The summed E-state index contributed by atoms with van der Waals surface area (Å²) in [5.74, 6) is 1.90. The Bertz CT molecular complexity index is 429. The van der Waals surface area contributed by atoms with Crippen LogP contribution >= 0.6 is 0 Å². The summed E-state index contributed by atoms with van der Waals surface area (Å²) in [6.45, 7) is 8.79. The molecule has 1 unspecified atom stereocenters. The van der Waals surface area contributed by atoms with Crippen molar-refractivity contribution in [1.82, 2.24) is 0 Å². The van der Waals surface area contributed by atoms with E-state index in [4.69, 9.17) is 0 Å². The SMILES string of the molecule is C[C]1C=C(C)C=CC1c1c(C)cccc1C. The summed E-state index contributed by atoms with van der Waals surface area (Å²) < 4.78 is 0. The molecule has 0 saturated carbocycles. The van der Waals surface area contributed by atoms with Crippen molar-refractivity contribution in [1.29, 1.82) is 0 Å². The highest BCUT2D eigenvalue weighted by Crippen LogP contribution is 2.36. The standard InChI is InChI=1S/C16H19/c1-11-8-9-15(14(4)10-11)16-12(2)6-5-7-13(16)3/h5-10,15H,1-4H3. The van der Waals surface area contributed by atoms with Gasteiger partial charge >= 0.3 is 0 Å². The third kappa shape index (κ3) is 1.97. The van der Waals surface area contributed by atoms with Crippen LogP contribution in [-0.2, 0) is 0 Å². The zero-order valence-corrected chi connectivity index (χ0v) is 10.5. The quantitative estimate of drug-likeness (QED) is 0.641. The molecule has 2 rings (SSSR count). The maximum atomic E-state index is 2.32. The Morgan fingerprint density at radius 3 is 2.12 bits per heavy atom. The summed E-state index contributed by atoms with van der Waals surface area (Å²) in [6, 6.07) is 6.54. The third-order valence-electron chi connectivity index (χ3n) is 3.35. The Morgan fingerprint density at radius 2 is 1.56 bits per heavy atom. The topological polar surface area (TPSA) is 0 Å². The molecular formula is C16H19. The number of aryl methyl sites for hydroxylation is 2. The molecule has 0 fully saturated rings. The van der Waals surface area contributed by atoms with Crippen LogP contribution in [0.3, 0.4) is 0 Å². The maximum Gasteiger partial charge on any atom is 0.0124 e. The van der Waals surface area contributed by atoms with E-state index in [2.05, 4.69) is 64.1 Å². The van der Waals surface area contributed by atoms with Gasteiger partial charge in [-0.3, -0.25) is 0 Å². The fraction of sp³-hybridized carbons (Fsp3) is 0.312. The summed E-state index contributed by atoms with van der Waals surface area (Å²) in [5, 5.41) is 0. The van der Waals surface area contributed by atoms with Gasteiger partial charge in [-0.05, 0) is 37.5 Å². The van der Waals surface area contributed by atoms with Crippen LogP contribution in [0.4, 0.5) is 0 Å².